The second-order valence-electron chi connectivity index (χ2n) is 5.32. The van der Waals surface area contributed by atoms with E-state index >= 15 is 0 Å². The highest BCUT2D eigenvalue weighted by Crippen LogP contribution is 2.38. The fourth-order valence-electron chi connectivity index (χ4n) is 3.46. The van der Waals surface area contributed by atoms with Crippen molar-refractivity contribution in [2.24, 2.45) is 5.92 Å². The van der Waals surface area contributed by atoms with Crippen LogP contribution in [0.2, 0.25) is 0 Å². The Hall–Kier alpha value is -1.32. The zero-order chi connectivity index (χ0) is 11.8. The van der Waals surface area contributed by atoms with E-state index in [9.17, 15) is 0 Å². The minimum atomic E-state index is 0.403. The Labute approximate surface area is 102 Å². The van der Waals surface area contributed by atoms with Crippen molar-refractivity contribution >= 4 is 11.8 Å². The first-order valence-corrected chi connectivity index (χ1v) is 6.62. The third-order valence-corrected chi connectivity index (χ3v) is 4.15. The molecule has 2 heterocycles. The summed E-state index contributed by atoms with van der Waals surface area (Å²) in [5.74, 6) is 2.31. The van der Waals surface area contributed by atoms with Crippen molar-refractivity contribution in [2.45, 2.75) is 45.1 Å². The van der Waals surface area contributed by atoms with Crippen LogP contribution in [-0.2, 0) is 0 Å². The number of rotatable bonds is 1. The van der Waals surface area contributed by atoms with Crippen LogP contribution in [0.1, 0.15) is 37.8 Å². The molecular weight excluding hydrogens is 212 g/mol. The van der Waals surface area contributed by atoms with E-state index in [0.717, 1.165) is 24.0 Å². The van der Waals surface area contributed by atoms with Crippen LogP contribution in [0.15, 0.2) is 6.07 Å². The summed E-state index contributed by atoms with van der Waals surface area (Å²) in [6, 6.07) is 2.76. The fraction of sp³-hybridized carbons (Fsp3) is 0.692. The Morgan fingerprint density at radius 2 is 2.06 bits per heavy atom. The first-order chi connectivity index (χ1) is 8.24. The molecule has 1 aromatic rings. The van der Waals surface area contributed by atoms with Gasteiger partial charge in [0, 0.05) is 24.3 Å². The SMILES string of the molecule is Cc1cc(N2CCCC3CCCC32)nc(N)n1. The molecule has 1 saturated heterocycles. The zero-order valence-corrected chi connectivity index (χ0v) is 10.4. The first-order valence-electron chi connectivity index (χ1n) is 6.62. The van der Waals surface area contributed by atoms with Gasteiger partial charge in [-0.2, -0.15) is 4.98 Å². The molecule has 2 atom stereocenters. The minimum absolute atomic E-state index is 0.403. The summed E-state index contributed by atoms with van der Waals surface area (Å²) in [7, 11) is 0. The van der Waals surface area contributed by atoms with Gasteiger partial charge >= 0.3 is 0 Å². The molecule has 0 aromatic carbocycles. The Kier molecular flexibility index (Phi) is 2.65. The number of aryl methyl sites for hydroxylation is 1. The van der Waals surface area contributed by atoms with Gasteiger partial charge in [0.05, 0.1) is 0 Å². The number of aromatic nitrogens is 2. The molecule has 2 fully saturated rings. The van der Waals surface area contributed by atoms with Crippen LogP contribution < -0.4 is 10.6 Å². The van der Waals surface area contributed by atoms with Gasteiger partial charge < -0.3 is 10.6 Å². The molecule has 2 unspecified atom stereocenters. The smallest absolute Gasteiger partial charge is 0.222 e. The van der Waals surface area contributed by atoms with Crippen molar-refractivity contribution < 1.29 is 0 Å². The lowest BCUT2D eigenvalue weighted by Gasteiger charge is -2.38. The fourth-order valence-corrected chi connectivity index (χ4v) is 3.46. The number of piperidine rings is 1. The topological polar surface area (TPSA) is 55.0 Å². The maximum atomic E-state index is 5.75. The molecule has 17 heavy (non-hydrogen) atoms. The molecule has 1 aromatic heterocycles. The summed E-state index contributed by atoms with van der Waals surface area (Å²) >= 11 is 0. The molecule has 0 spiro atoms. The van der Waals surface area contributed by atoms with Gasteiger partial charge in [-0.15, -0.1) is 0 Å². The van der Waals surface area contributed by atoms with Crippen LogP contribution in [-0.4, -0.2) is 22.6 Å². The van der Waals surface area contributed by atoms with Crippen LogP contribution >= 0.6 is 0 Å². The van der Waals surface area contributed by atoms with Crippen LogP contribution in [0.4, 0.5) is 11.8 Å². The lowest BCUT2D eigenvalue weighted by molar-refractivity contribution is 0.360. The van der Waals surface area contributed by atoms with Crippen molar-refractivity contribution in [2.75, 3.05) is 17.2 Å². The van der Waals surface area contributed by atoms with Gasteiger partial charge in [0.25, 0.3) is 0 Å². The third-order valence-electron chi connectivity index (χ3n) is 4.15. The van der Waals surface area contributed by atoms with Crippen LogP contribution in [0.25, 0.3) is 0 Å². The van der Waals surface area contributed by atoms with Gasteiger partial charge in [0.2, 0.25) is 5.95 Å². The quantitative estimate of drug-likeness (QED) is 0.806. The number of nitrogen functional groups attached to an aromatic ring is 1. The van der Waals surface area contributed by atoms with E-state index in [1.54, 1.807) is 0 Å². The largest absolute Gasteiger partial charge is 0.368 e. The molecule has 92 valence electrons. The highest BCUT2D eigenvalue weighted by Gasteiger charge is 2.35. The summed E-state index contributed by atoms with van der Waals surface area (Å²) in [6.45, 7) is 3.11. The predicted octanol–water partition coefficient (Wildman–Crippen LogP) is 2.14. The van der Waals surface area contributed by atoms with Crippen molar-refractivity contribution in [3.05, 3.63) is 11.8 Å². The Balaban J connectivity index is 1.91. The van der Waals surface area contributed by atoms with E-state index < -0.39 is 0 Å². The van der Waals surface area contributed by atoms with Gasteiger partial charge in [-0.3, -0.25) is 0 Å². The molecule has 1 saturated carbocycles. The zero-order valence-electron chi connectivity index (χ0n) is 10.4. The average molecular weight is 232 g/mol. The molecule has 0 amide bonds. The molecule has 0 bridgehead atoms. The molecule has 2 N–H and O–H groups in total. The summed E-state index contributed by atoms with van der Waals surface area (Å²) in [6.07, 6.45) is 6.74. The van der Waals surface area contributed by atoms with E-state index in [1.807, 2.05) is 6.92 Å². The lowest BCUT2D eigenvalue weighted by atomic mass is 9.92. The maximum Gasteiger partial charge on any atom is 0.222 e. The van der Waals surface area contributed by atoms with E-state index in [-0.39, 0.29) is 0 Å². The van der Waals surface area contributed by atoms with Gasteiger partial charge in [-0.05, 0) is 38.5 Å². The van der Waals surface area contributed by atoms with Crippen LogP contribution in [0.3, 0.4) is 0 Å². The number of fused-ring (bicyclic) bond motifs is 1. The molecule has 0 radical (unpaired) electrons. The van der Waals surface area contributed by atoms with E-state index in [4.69, 9.17) is 5.73 Å². The van der Waals surface area contributed by atoms with Gasteiger partial charge in [-0.1, -0.05) is 6.42 Å². The predicted molar refractivity (Wildman–Crippen MR) is 68.9 cm³/mol. The second kappa shape index (κ2) is 4.17. The van der Waals surface area contributed by atoms with Crippen molar-refractivity contribution in [1.82, 2.24) is 9.97 Å². The summed E-state index contributed by atoms with van der Waals surface area (Å²) in [4.78, 5) is 11.0. The molecular formula is C13H20N4. The van der Waals surface area contributed by atoms with Crippen LogP contribution in [0.5, 0.6) is 0 Å². The van der Waals surface area contributed by atoms with E-state index in [0.29, 0.717) is 12.0 Å². The van der Waals surface area contributed by atoms with Crippen molar-refractivity contribution in [1.29, 1.82) is 0 Å². The summed E-state index contributed by atoms with van der Waals surface area (Å²) in [5, 5.41) is 0. The Bertz CT molecular complexity index is 398. The normalized spacial score (nSPS) is 28.2. The number of hydrogen-bond donors (Lipinski definition) is 1. The molecule has 4 nitrogen and oxygen atoms in total. The van der Waals surface area contributed by atoms with Gasteiger partial charge in [-0.25, -0.2) is 4.98 Å². The second-order valence-corrected chi connectivity index (χ2v) is 5.32. The molecule has 4 heteroatoms. The molecule has 1 aliphatic carbocycles. The highest BCUT2D eigenvalue weighted by molar-refractivity contribution is 5.45. The standard InChI is InChI=1S/C13H20N4/c1-9-8-12(16-13(14)15-9)17-7-3-5-10-4-2-6-11(10)17/h8,10-11H,2-7H2,1H3,(H2,14,15,16). The average Bonchev–Trinajstić information content (AvgIpc) is 2.75. The number of hydrogen-bond acceptors (Lipinski definition) is 4. The number of nitrogens with two attached hydrogens (primary N) is 1. The number of anilines is 2. The maximum absolute atomic E-state index is 5.75. The lowest BCUT2D eigenvalue weighted by Crippen LogP contribution is -2.43. The highest BCUT2D eigenvalue weighted by atomic mass is 15.2. The van der Waals surface area contributed by atoms with Gasteiger partial charge in [0.15, 0.2) is 0 Å². The molecule has 3 rings (SSSR count). The van der Waals surface area contributed by atoms with Crippen molar-refractivity contribution in [3.8, 4) is 0 Å². The summed E-state index contributed by atoms with van der Waals surface area (Å²) in [5.41, 5.74) is 6.72. The van der Waals surface area contributed by atoms with Crippen molar-refractivity contribution in [3.63, 3.8) is 0 Å². The van der Waals surface area contributed by atoms with Crippen LogP contribution in [0, 0.1) is 12.8 Å². The third kappa shape index (κ3) is 1.96. The Morgan fingerprint density at radius 1 is 1.24 bits per heavy atom. The summed E-state index contributed by atoms with van der Waals surface area (Å²) < 4.78 is 0. The first kappa shape index (κ1) is 10.8. The molecule has 2 aliphatic rings. The molecule has 1 aliphatic heterocycles. The van der Waals surface area contributed by atoms with E-state index in [1.165, 1.54) is 32.1 Å². The number of nitrogens with zero attached hydrogens (tertiary/aromatic N) is 3. The van der Waals surface area contributed by atoms with E-state index in [2.05, 4.69) is 20.9 Å². The Morgan fingerprint density at radius 3 is 2.88 bits per heavy atom. The van der Waals surface area contributed by atoms with Gasteiger partial charge in [0.1, 0.15) is 5.82 Å². The minimum Gasteiger partial charge on any atom is -0.368 e. The monoisotopic (exact) mass is 232 g/mol.